The predicted octanol–water partition coefficient (Wildman–Crippen LogP) is 5.92. The third-order valence-corrected chi connectivity index (χ3v) is 9.74. The highest BCUT2D eigenvalue weighted by Gasteiger charge is 2.33. The van der Waals surface area contributed by atoms with Gasteiger partial charge in [-0.3, -0.25) is 9.59 Å². The normalized spacial score (nSPS) is 15.7. The molecule has 2 N–H and O–H groups in total. The van der Waals surface area contributed by atoms with Crippen LogP contribution in [-0.4, -0.2) is 195 Å². The van der Waals surface area contributed by atoms with Crippen molar-refractivity contribution in [2.75, 3.05) is 172 Å². The smallest absolute Gasteiger partial charge is 0.223 e. The first-order valence-electron chi connectivity index (χ1n) is 25.0. The Labute approximate surface area is 407 Å². The molecule has 1 aliphatic carbocycles. The van der Waals surface area contributed by atoms with E-state index in [0.717, 1.165) is 25.4 Å². The van der Waals surface area contributed by atoms with E-state index in [1.54, 1.807) is 0 Å². The van der Waals surface area contributed by atoms with E-state index < -0.39 is 0 Å². The molecule has 67 heavy (non-hydrogen) atoms. The average Bonchev–Trinajstić information content (AvgIpc) is 3.24. The van der Waals surface area contributed by atoms with Crippen molar-refractivity contribution in [2.24, 2.45) is 22.7 Å². The maximum Gasteiger partial charge on any atom is 0.223 e. The van der Waals surface area contributed by atoms with Gasteiger partial charge in [0.05, 0.1) is 172 Å². The molecule has 0 heterocycles. The van der Waals surface area contributed by atoms with Gasteiger partial charge in [-0.2, -0.15) is 0 Å². The second-order valence-electron chi connectivity index (χ2n) is 20.1. The second-order valence-corrected chi connectivity index (χ2v) is 20.1. The van der Waals surface area contributed by atoms with Crippen molar-refractivity contribution in [3.63, 3.8) is 0 Å². The standard InChI is InChI=1S/C35H71NO14.C15H29NO/c1-33(2)36-34(37)6-7-38-8-9-39-10-11-40-12-13-41-14-15-42-16-17-43-18-19-44-20-21-45-22-23-46-24-25-47-26-27-48-28-29-49-30-31-50-32-35(3,4)5;1-14(2,3)12-9-7-11(8-10-12)13(17)16-15(4,5)6/h33H,6-32H2,1-5H3,(H,36,37);11-12H,7-10H2,1-6H3,(H,16,17). The first kappa shape index (κ1) is 65.4. The maximum absolute atomic E-state index is 12.1. The molecule has 1 saturated carbocycles. The van der Waals surface area contributed by atoms with Crippen LogP contribution in [0.2, 0.25) is 0 Å². The predicted molar refractivity (Wildman–Crippen MR) is 261 cm³/mol. The molecule has 0 aromatic heterocycles. The highest BCUT2D eigenvalue weighted by molar-refractivity contribution is 5.79. The van der Waals surface area contributed by atoms with Gasteiger partial charge in [0.15, 0.2) is 0 Å². The minimum atomic E-state index is -0.0992. The Bertz CT molecular complexity index is 1110. The zero-order valence-corrected chi connectivity index (χ0v) is 44.3. The van der Waals surface area contributed by atoms with E-state index in [2.05, 4.69) is 52.2 Å². The van der Waals surface area contributed by atoms with Gasteiger partial charge in [0.25, 0.3) is 0 Å². The Kier molecular flexibility index (Phi) is 42.2. The fraction of sp³-hybridized carbons (Fsp3) is 0.960. The summed E-state index contributed by atoms with van der Waals surface area (Å²) in [5.41, 5.74) is 0.473. The van der Waals surface area contributed by atoms with Crippen LogP contribution in [0.4, 0.5) is 0 Å². The number of amides is 2. The van der Waals surface area contributed by atoms with E-state index in [1.165, 1.54) is 12.8 Å². The van der Waals surface area contributed by atoms with Crippen molar-refractivity contribution in [3.8, 4) is 0 Å². The fourth-order valence-electron chi connectivity index (χ4n) is 6.27. The zero-order valence-electron chi connectivity index (χ0n) is 44.3. The van der Waals surface area contributed by atoms with Crippen molar-refractivity contribution >= 4 is 11.8 Å². The molecule has 17 heteroatoms. The third-order valence-electron chi connectivity index (χ3n) is 9.74. The Morgan fingerprint density at radius 2 is 0.687 bits per heavy atom. The van der Waals surface area contributed by atoms with Crippen LogP contribution in [0.3, 0.4) is 0 Å². The molecule has 0 aromatic carbocycles. The summed E-state index contributed by atoms with van der Waals surface area (Å²) in [6.45, 7) is 36.7. The number of rotatable bonds is 42. The van der Waals surface area contributed by atoms with E-state index in [9.17, 15) is 9.59 Å². The SMILES string of the molecule is CC(C)(C)NC(=O)C1CCC(C(C)(C)C)CC1.CC(C)NC(=O)CCOCCOCCOCCOCCOCCOCCOCCOCCOCCOCCOCCOCCOCC(C)(C)C. The van der Waals surface area contributed by atoms with Crippen LogP contribution in [0.1, 0.15) is 108 Å². The highest BCUT2D eigenvalue weighted by Crippen LogP contribution is 2.39. The zero-order chi connectivity index (χ0) is 49.9. The van der Waals surface area contributed by atoms with E-state index in [0.29, 0.717) is 177 Å². The van der Waals surface area contributed by atoms with Gasteiger partial charge in [-0.15, -0.1) is 0 Å². The largest absolute Gasteiger partial charge is 0.379 e. The lowest BCUT2D eigenvalue weighted by atomic mass is 9.69. The molecule has 0 radical (unpaired) electrons. The number of ether oxygens (including phenoxy) is 13. The van der Waals surface area contributed by atoms with Gasteiger partial charge in [-0.25, -0.2) is 0 Å². The van der Waals surface area contributed by atoms with Crippen LogP contribution >= 0.6 is 0 Å². The molecular weight excluding hydrogens is 869 g/mol. The number of nitrogens with one attached hydrogen (secondary N) is 2. The summed E-state index contributed by atoms with van der Waals surface area (Å²) in [7, 11) is 0. The van der Waals surface area contributed by atoms with Crippen molar-refractivity contribution in [1.82, 2.24) is 10.6 Å². The lowest BCUT2D eigenvalue weighted by molar-refractivity contribution is -0.128. The van der Waals surface area contributed by atoms with E-state index >= 15 is 0 Å². The van der Waals surface area contributed by atoms with E-state index in [1.807, 2.05) is 34.6 Å². The van der Waals surface area contributed by atoms with Gasteiger partial charge in [-0.1, -0.05) is 41.5 Å². The van der Waals surface area contributed by atoms with Crippen molar-refractivity contribution in [2.45, 2.75) is 120 Å². The van der Waals surface area contributed by atoms with Gasteiger partial charge in [0, 0.05) is 23.9 Å². The average molecular weight is 969 g/mol. The lowest BCUT2D eigenvalue weighted by Gasteiger charge is -2.37. The van der Waals surface area contributed by atoms with Crippen molar-refractivity contribution in [1.29, 1.82) is 0 Å². The van der Waals surface area contributed by atoms with Crippen molar-refractivity contribution in [3.05, 3.63) is 0 Å². The number of hydrogen-bond acceptors (Lipinski definition) is 15. The number of hydrogen-bond donors (Lipinski definition) is 2. The fourth-order valence-corrected chi connectivity index (χ4v) is 6.27. The van der Waals surface area contributed by atoms with Gasteiger partial charge >= 0.3 is 0 Å². The Morgan fingerprint density at radius 3 is 0.925 bits per heavy atom. The topological polar surface area (TPSA) is 178 Å². The molecule has 0 bridgehead atoms. The van der Waals surface area contributed by atoms with Crippen LogP contribution in [0.25, 0.3) is 0 Å². The second kappa shape index (κ2) is 43.2. The summed E-state index contributed by atoms with van der Waals surface area (Å²) >= 11 is 0. The quantitative estimate of drug-likeness (QED) is 0.0689. The van der Waals surface area contributed by atoms with Gasteiger partial charge in [-0.05, 0) is 77.0 Å². The molecule has 1 fully saturated rings. The molecule has 0 unspecified atom stereocenters. The summed E-state index contributed by atoms with van der Waals surface area (Å²) in [5, 5.41) is 5.92. The molecule has 1 aliphatic rings. The summed E-state index contributed by atoms with van der Waals surface area (Å²) in [4.78, 5) is 23.5. The summed E-state index contributed by atoms with van der Waals surface area (Å²) in [6, 6.07) is 0.145. The van der Waals surface area contributed by atoms with Crippen LogP contribution in [0.5, 0.6) is 0 Å². The Hall–Kier alpha value is -1.58. The van der Waals surface area contributed by atoms with Crippen LogP contribution in [0, 0.1) is 22.7 Å². The van der Waals surface area contributed by atoms with E-state index in [-0.39, 0.29) is 34.7 Å². The third kappa shape index (κ3) is 49.2. The monoisotopic (exact) mass is 969 g/mol. The number of carbonyl (C=O) groups excluding carboxylic acids is 2. The Morgan fingerprint density at radius 1 is 0.418 bits per heavy atom. The first-order chi connectivity index (χ1) is 31.9. The number of carbonyl (C=O) groups is 2. The molecule has 0 saturated heterocycles. The molecule has 0 atom stereocenters. The molecule has 0 aromatic rings. The minimum absolute atomic E-state index is 0.00387. The van der Waals surface area contributed by atoms with Gasteiger partial charge < -0.3 is 72.2 Å². The highest BCUT2D eigenvalue weighted by atomic mass is 16.6. The van der Waals surface area contributed by atoms with Crippen LogP contribution in [-0.2, 0) is 71.2 Å². The maximum atomic E-state index is 12.1. The summed E-state index contributed by atoms with van der Waals surface area (Å²) < 4.78 is 71.1. The lowest BCUT2D eigenvalue weighted by Crippen LogP contribution is -2.45. The van der Waals surface area contributed by atoms with Crippen molar-refractivity contribution < 1.29 is 71.2 Å². The van der Waals surface area contributed by atoms with Gasteiger partial charge in [0.1, 0.15) is 0 Å². The molecule has 2 amide bonds. The van der Waals surface area contributed by atoms with Crippen LogP contribution in [0.15, 0.2) is 0 Å². The molecule has 0 spiro atoms. The molecular formula is C50H100N2O15. The summed E-state index contributed by atoms with van der Waals surface area (Å²) in [6.07, 6.45) is 4.88. The molecule has 17 nitrogen and oxygen atoms in total. The molecule has 1 rings (SSSR count). The van der Waals surface area contributed by atoms with Crippen LogP contribution < -0.4 is 10.6 Å². The first-order valence-corrected chi connectivity index (χ1v) is 25.0. The molecule has 0 aliphatic heterocycles. The van der Waals surface area contributed by atoms with E-state index in [4.69, 9.17) is 61.6 Å². The minimum Gasteiger partial charge on any atom is -0.379 e. The van der Waals surface area contributed by atoms with Gasteiger partial charge in [0.2, 0.25) is 11.8 Å². The summed E-state index contributed by atoms with van der Waals surface area (Å²) in [5.74, 6) is 1.27. The Balaban J connectivity index is 0.00000213. The molecule has 400 valence electrons.